The van der Waals surface area contributed by atoms with E-state index in [9.17, 15) is 9.18 Å². The first kappa shape index (κ1) is 13.7. The van der Waals surface area contributed by atoms with E-state index in [0.29, 0.717) is 0 Å². The summed E-state index contributed by atoms with van der Waals surface area (Å²) >= 11 is 0. The summed E-state index contributed by atoms with van der Waals surface area (Å²) in [6, 6.07) is 6.41. The Morgan fingerprint density at radius 2 is 2.06 bits per heavy atom. The topological polar surface area (TPSA) is 26.3 Å². The highest BCUT2D eigenvalue weighted by Gasteiger charge is 2.29. The Hall–Kier alpha value is -1.38. The van der Waals surface area contributed by atoms with Gasteiger partial charge in [0.05, 0.1) is 13.5 Å². The van der Waals surface area contributed by atoms with Gasteiger partial charge in [0.15, 0.2) is 0 Å². The van der Waals surface area contributed by atoms with Crippen molar-refractivity contribution in [2.45, 2.75) is 33.1 Å². The van der Waals surface area contributed by atoms with E-state index in [4.69, 9.17) is 4.74 Å². The van der Waals surface area contributed by atoms with Crippen LogP contribution in [0.15, 0.2) is 24.3 Å². The highest BCUT2D eigenvalue weighted by Crippen LogP contribution is 2.38. The quantitative estimate of drug-likeness (QED) is 0.753. The number of benzene rings is 1. The van der Waals surface area contributed by atoms with Gasteiger partial charge in [0, 0.05) is 0 Å². The molecule has 0 aliphatic carbocycles. The molecule has 0 amide bonds. The van der Waals surface area contributed by atoms with Gasteiger partial charge >= 0.3 is 5.97 Å². The molecule has 1 aromatic carbocycles. The van der Waals surface area contributed by atoms with Crippen LogP contribution in [-0.2, 0) is 9.53 Å². The molecule has 2 nitrogen and oxygen atoms in total. The molecule has 1 aromatic rings. The lowest BCUT2D eigenvalue weighted by atomic mass is 9.74. The van der Waals surface area contributed by atoms with Crippen molar-refractivity contribution in [2.24, 2.45) is 5.41 Å². The maximum absolute atomic E-state index is 13.2. The van der Waals surface area contributed by atoms with Crippen molar-refractivity contribution in [3.63, 3.8) is 0 Å². The number of hydrogen-bond donors (Lipinski definition) is 0. The van der Waals surface area contributed by atoms with Crippen molar-refractivity contribution >= 4 is 5.97 Å². The third kappa shape index (κ3) is 3.84. The van der Waals surface area contributed by atoms with Crippen LogP contribution in [0.3, 0.4) is 0 Å². The molecule has 94 valence electrons. The number of carbonyl (C=O) groups excluding carboxylic acids is 1. The summed E-state index contributed by atoms with van der Waals surface area (Å²) in [5, 5.41) is 0. The van der Waals surface area contributed by atoms with Crippen molar-refractivity contribution in [1.29, 1.82) is 0 Å². The molecule has 0 aromatic heterocycles. The van der Waals surface area contributed by atoms with Crippen molar-refractivity contribution in [1.82, 2.24) is 0 Å². The maximum Gasteiger partial charge on any atom is 0.306 e. The smallest absolute Gasteiger partial charge is 0.306 e. The van der Waals surface area contributed by atoms with Crippen LogP contribution >= 0.6 is 0 Å². The van der Waals surface area contributed by atoms with Crippen molar-refractivity contribution in [3.8, 4) is 0 Å². The fraction of sp³-hybridized carbons (Fsp3) is 0.500. The molecule has 0 spiro atoms. The van der Waals surface area contributed by atoms with Gasteiger partial charge in [0.25, 0.3) is 0 Å². The van der Waals surface area contributed by atoms with Gasteiger partial charge in [-0.1, -0.05) is 32.9 Å². The number of carbonyl (C=O) groups is 1. The van der Waals surface area contributed by atoms with E-state index >= 15 is 0 Å². The van der Waals surface area contributed by atoms with Gasteiger partial charge in [0.2, 0.25) is 0 Å². The molecule has 0 N–H and O–H groups in total. The second-order valence-corrected chi connectivity index (χ2v) is 5.25. The summed E-state index contributed by atoms with van der Waals surface area (Å²) in [6.07, 6.45) is 0.267. The number of methoxy groups -OCH3 is 1. The molecule has 0 aliphatic rings. The lowest BCUT2D eigenvalue weighted by Gasteiger charge is -2.30. The van der Waals surface area contributed by atoms with Crippen LogP contribution in [0.25, 0.3) is 0 Å². The van der Waals surface area contributed by atoms with Crippen LogP contribution in [-0.4, -0.2) is 13.1 Å². The third-order valence-corrected chi connectivity index (χ3v) is 2.89. The standard InChI is InChI=1S/C14H19FO2/c1-14(2,3)12(9-13(16)17-4)10-6-5-7-11(15)8-10/h5-8,12H,9H2,1-4H3. The van der Waals surface area contributed by atoms with Gasteiger partial charge in [-0.15, -0.1) is 0 Å². The molecular formula is C14H19FO2. The fourth-order valence-corrected chi connectivity index (χ4v) is 1.90. The number of hydrogen-bond acceptors (Lipinski definition) is 2. The molecule has 0 bridgehead atoms. The van der Waals surface area contributed by atoms with Gasteiger partial charge in [0.1, 0.15) is 5.82 Å². The Balaban J connectivity index is 3.02. The van der Waals surface area contributed by atoms with E-state index in [-0.39, 0.29) is 29.5 Å². The van der Waals surface area contributed by atoms with Crippen molar-refractivity contribution in [3.05, 3.63) is 35.6 Å². The Labute approximate surface area is 102 Å². The van der Waals surface area contributed by atoms with E-state index in [2.05, 4.69) is 0 Å². The molecule has 0 saturated carbocycles. The Morgan fingerprint density at radius 3 is 2.53 bits per heavy atom. The van der Waals surface area contributed by atoms with Gasteiger partial charge in [-0.3, -0.25) is 4.79 Å². The predicted octanol–water partition coefficient (Wildman–Crippen LogP) is 3.52. The summed E-state index contributed by atoms with van der Waals surface area (Å²) < 4.78 is 17.9. The summed E-state index contributed by atoms with van der Waals surface area (Å²) in [4.78, 5) is 11.4. The van der Waals surface area contributed by atoms with E-state index in [1.807, 2.05) is 26.8 Å². The van der Waals surface area contributed by atoms with Crippen LogP contribution < -0.4 is 0 Å². The highest BCUT2D eigenvalue weighted by molar-refractivity contribution is 5.70. The third-order valence-electron chi connectivity index (χ3n) is 2.89. The van der Waals surface area contributed by atoms with Gasteiger partial charge in [-0.25, -0.2) is 4.39 Å². The van der Waals surface area contributed by atoms with Crippen molar-refractivity contribution in [2.75, 3.05) is 7.11 Å². The van der Waals surface area contributed by atoms with Crippen LogP contribution in [0, 0.1) is 11.2 Å². The van der Waals surface area contributed by atoms with Gasteiger partial charge in [-0.2, -0.15) is 0 Å². The summed E-state index contributed by atoms with van der Waals surface area (Å²) in [6.45, 7) is 6.10. The second kappa shape index (κ2) is 5.30. The molecule has 0 radical (unpaired) electrons. The number of halogens is 1. The average molecular weight is 238 g/mol. The summed E-state index contributed by atoms with van der Waals surface area (Å²) in [7, 11) is 1.37. The molecule has 0 fully saturated rings. The molecule has 3 heteroatoms. The average Bonchev–Trinajstić information content (AvgIpc) is 2.23. The molecule has 0 heterocycles. The first-order valence-corrected chi connectivity index (χ1v) is 5.67. The molecule has 17 heavy (non-hydrogen) atoms. The zero-order valence-electron chi connectivity index (χ0n) is 10.8. The molecule has 1 rings (SSSR count). The summed E-state index contributed by atoms with van der Waals surface area (Å²) in [5.74, 6) is -0.596. The first-order chi connectivity index (χ1) is 7.84. The van der Waals surface area contributed by atoms with E-state index in [1.165, 1.54) is 19.2 Å². The minimum absolute atomic E-state index is 0.0503. The molecule has 1 atom stereocenters. The monoisotopic (exact) mass is 238 g/mol. The SMILES string of the molecule is COC(=O)CC(c1cccc(F)c1)C(C)(C)C. The Bertz CT molecular complexity index is 393. The van der Waals surface area contributed by atoms with Crippen LogP contribution in [0.5, 0.6) is 0 Å². The number of ether oxygens (including phenoxy) is 1. The maximum atomic E-state index is 13.2. The highest BCUT2D eigenvalue weighted by atomic mass is 19.1. The van der Waals surface area contributed by atoms with E-state index < -0.39 is 0 Å². The fourth-order valence-electron chi connectivity index (χ4n) is 1.90. The number of esters is 1. The summed E-state index contributed by atoms with van der Waals surface area (Å²) in [5.41, 5.74) is 0.713. The van der Waals surface area contributed by atoms with Crippen LogP contribution in [0.1, 0.15) is 38.7 Å². The lowest BCUT2D eigenvalue weighted by molar-refractivity contribution is -0.141. The zero-order chi connectivity index (χ0) is 13.1. The Kier molecular flexibility index (Phi) is 4.27. The Morgan fingerprint density at radius 1 is 1.41 bits per heavy atom. The minimum atomic E-state index is -0.276. The minimum Gasteiger partial charge on any atom is -0.469 e. The lowest BCUT2D eigenvalue weighted by Crippen LogP contribution is -2.22. The van der Waals surface area contributed by atoms with Gasteiger partial charge in [-0.05, 0) is 29.0 Å². The first-order valence-electron chi connectivity index (χ1n) is 5.67. The normalized spacial score (nSPS) is 13.2. The number of rotatable bonds is 3. The second-order valence-electron chi connectivity index (χ2n) is 5.25. The van der Waals surface area contributed by atoms with E-state index in [1.54, 1.807) is 6.07 Å². The van der Waals surface area contributed by atoms with Crippen LogP contribution in [0.2, 0.25) is 0 Å². The zero-order valence-corrected chi connectivity index (χ0v) is 10.8. The van der Waals surface area contributed by atoms with E-state index in [0.717, 1.165) is 5.56 Å². The van der Waals surface area contributed by atoms with Gasteiger partial charge < -0.3 is 4.74 Å². The molecule has 0 aliphatic heterocycles. The molecular weight excluding hydrogens is 219 g/mol. The molecule has 1 unspecified atom stereocenters. The molecule has 0 saturated heterocycles. The predicted molar refractivity (Wildman–Crippen MR) is 65.2 cm³/mol. The van der Waals surface area contributed by atoms with Crippen molar-refractivity contribution < 1.29 is 13.9 Å². The largest absolute Gasteiger partial charge is 0.469 e. The van der Waals surface area contributed by atoms with Crippen LogP contribution in [0.4, 0.5) is 4.39 Å².